The first-order valence-electron chi connectivity index (χ1n) is 5.88. The van der Waals surface area contributed by atoms with E-state index in [4.69, 9.17) is 16.9 Å². The Kier molecular flexibility index (Phi) is 2.94. The summed E-state index contributed by atoms with van der Waals surface area (Å²) in [6.45, 7) is 0. The lowest BCUT2D eigenvalue weighted by molar-refractivity contribution is 1.04. The van der Waals surface area contributed by atoms with Gasteiger partial charge in [0, 0.05) is 11.4 Å². The van der Waals surface area contributed by atoms with Crippen molar-refractivity contribution in [2.45, 2.75) is 6.42 Å². The average Bonchev–Trinajstić information content (AvgIpc) is 2.82. The largest absolute Gasteiger partial charge is 0.342 e. The molecule has 0 aliphatic rings. The number of rotatable bonds is 2. The number of H-pyrrole nitrogens is 1. The molecular formula is C15H10ClN3. The van der Waals surface area contributed by atoms with Gasteiger partial charge in [-0.05, 0) is 35.9 Å². The van der Waals surface area contributed by atoms with Crippen LogP contribution in [-0.4, -0.2) is 9.97 Å². The van der Waals surface area contributed by atoms with Crippen LogP contribution < -0.4 is 0 Å². The van der Waals surface area contributed by atoms with Crippen molar-refractivity contribution in [1.29, 1.82) is 5.26 Å². The third-order valence-electron chi connectivity index (χ3n) is 2.94. The van der Waals surface area contributed by atoms with Gasteiger partial charge in [0.25, 0.3) is 0 Å². The van der Waals surface area contributed by atoms with Crippen molar-refractivity contribution in [1.82, 2.24) is 9.97 Å². The van der Waals surface area contributed by atoms with Crippen molar-refractivity contribution < 1.29 is 0 Å². The molecule has 0 fully saturated rings. The van der Waals surface area contributed by atoms with Gasteiger partial charge < -0.3 is 4.98 Å². The molecule has 1 heterocycles. The Balaban J connectivity index is 1.93. The predicted molar refractivity (Wildman–Crippen MR) is 75.1 cm³/mol. The second-order valence-corrected chi connectivity index (χ2v) is 4.77. The second kappa shape index (κ2) is 4.75. The maximum absolute atomic E-state index is 8.87. The Bertz CT molecular complexity index is 766. The summed E-state index contributed by atoms with van der Waals surface area (Å²) in [6, 6.07) is 15.3. The Hall–Kier alpha value is -2.31. The molecule has 0 bridgehead atoms. The Morgan fingerprint density at radius 2 is 1.95 bits per heavy atom. The van der Waals surface area contributed by atoms with Crippen molar-refractivity contribution in [3.05, 3.63) is 64.4 Å². The number of nitrogens with one attached hydrogen (secondary N) is 1. The molecule has 0 atom stereocenters. The van der Waals surface area contributed by atoms with Gasteiger partial charge in [-0.25, -0.2) is 4.98 Å². The SMILES string of the molecule is N#Cc1ccc2nc(Cc3ccc(Cl)cc3)[nH]c2c1. The molecule has 0 unspecified atom stereocenters. The summed E-state index contributed by atoms with van der Waals surface area (Å²) in [5.41, 5.74) is 3.55. The molecule has 3 rings (SSSR count). The fraction of sp³-hybridized carbons (Fsp3) is 0.0667. The molecule has 2 aromatic carbocycles. The lowest BCUT2D eigenvalue weighted by Gasteiger charge is -1.97. The van der Waals surface area contributed by atoms with Crippen molar-refractivity contribution in [3.8, 4) is 6.07 Å². The molecule has 3 nitrogen and oxygen atoms in total. The van der Waals surface area contributed by atoms with Crippen molar-refractivity contribution >= 4 is 22.6 Å². The van der Waals surface area contributed by atoms with E-state index in [0.717, 1.165) is 27.4 Å². The molecule has 0 amide bonds. The summed E-state index contributed by atoms with van der Waals surface area (Å²) < 4.78 is 0. The molecule has 1 N–H and O–H groups in total. The number of nitrogens with zero attached hydrogens (tertiary/aromatic N) is 2. The standard InChI is InChI=1S/C15H10ClN3/c16-12-4-1-10(2-5-12)8-15-18-13-6-3-11(9-17)7-14(13)19-15/h1-7H,8H2,(H,18,19). The number of aromatic amines is 1. The van der Waals surface area contributed by atoms with E-state index < -0.39 is 0 Å². The van der Waals surface area contributed by atoms with Gasteiger partial charge in [0.2, 0.25) is 0 Å². The van der Waals surface area contributed by atoms with E-state index in [0.29, 0.717) is 12.0 Å². The summed E-state index contributed by atoms with van der Waals surface area (Å²) >= 11 is 5.86. The Morgan fingerprint density at radius 1 is 1.16 bits per heavy atom. The maximum atomic E-state index is 8.87. The summed E-state index contributed by atoms with van der Waals surface area (Å²) in [4.78, 5) is 7.75. The lowest BCUT2D eigenvalue weighted by Crippen LogP contribution is -1.89. The van der Waals surface area contributed by atoms with Crippen LogP contribution in [0, 0.1) is 11.3 Å². The zero-order valence-corrected chi connectivity index (χ0v) is 10.8. The van der Waals surface area contributed by atoms with Crippen LogP contribution in [-0.2, 0) is 6.42 Å². The fourth-order valence-electron chi connectivity index (χ4n) is 2.01. The molecule has 0 radical (unpaired) electrons. The first kappa shape index (κ1) is 11.8. The van der Waals surface area contributed by atoms with Crippen LogP contribution >= 0.6 is 11.6 Å². The number of hydrogen-bond donors (Lipinski definition) is 1. The quantitative estimate of drug-likeness (QED) is 0.770. The average molecular weight is 268 g/mol. The maximum Gasteiger partial charge on any atom is 0.111 e. The van der Waals surface area contributed by atoms with Gasteiger partial charge in [-0.15, -0.1) is 0 Å². The summed E-state index contributed by atoms with van der Waals surface area (Å²) in [7, 11) is 0. The number of halogens is 1. The van der Waals surface area contributed by atoms with E-state index in [1.165, 1.54) is 0 Å². The molecule has 3 aromatic rings. The highest BCUT2D eigenvalue weighted by Gasteiger charge is 2.04. The van der Waals surface area contributed by atoms with E-state index in [2.05, 4.69) is 16.0 Å². The number of benzene rings is 2. The van der Waals surface area contributed by atoms with Crippen LogP contribution in [0.1, 0.15) is 17.0 Å². The lowest BCUT2D eigenvalue weighted by atomic mass is 10.1. The topological polar surface area (TPSA) is 52.5 Å². The van der Waals surface area contributed by atoms with Crippen molar-refractivity contribution in [2.75, 3.05) is 0 Å². The highest BCUT2D eigenvalue weighted by atomic mass is 35.5. The molecule has 4 heteroatoms. The van der Waals surface area contributed by atoms with Crippen LogP contribution in [0.25, 0.3) is 11.0 Å². The number of imidazole rings is 1. The molecule has 0 spiro atoms. The molecule has 1 aromatic heterocycles. The zero-order valence-electron chi connectivity index (χ0n) is 10.0. The zero-order chi connectivity index (χ0) is 13.2. The van der Waals surface area contributed by atoms with Gasteiger partial charge in [-0.3, -0.25) is 0 Å². The first-order chi connectivity index (χ1) is 9.24. The minimum atomic E-state index is 0.634. The normalized spacial score (nSPS) is 10.5. The van der Waals surface area contributed by atoms with Gasteiger partial charge in [-0.2, -0.15) is 5.26 Å². The van der Waals surface area contributed by atoms with Gasteiger partial charge in [0.1, 0.15) is 5.82 Å². The van der Waals surface area contributed by atoms with E-state index in [1.807, 2.05) is 36.4 Å². The minimum Gasteiger partial charge on any atom is -0.342 e. The fourth-order valence-corrected chi connectivity index (χ4v) is 2.14. The van der Waals surface area contributed by atoms with Gasteiger partial charge >= 0.3 is 0 Å². The number of fused-ring (bicyclic) bond motifs is 1. The van der Waals surface area contributed by atoms with Crippen molar-refractivity contribution in [3.63, 3.8) is 0 Å². The summed E-state index contributed by atoms with van der Waals surface area (Å²) in [6.07, 6.45) is 0.716. The minimum absolute atomic E-state index is 0.634. The third kappa shape index (κ3) is 2.44. The van der Waals surface area contributed by atoms with Gasteiger partial charge in [0.15, 0.2) is 0 Å². The van der Waals surface area contributed by atoms with Crippen LogP contribution in [0.15, 0.2) is 42.5 Å². The van der Waals surface area contributed by atoms with Crippen LogP contribution in [0.3, 0.4) is 0 Å². The highest BCUT2D eigenvalue weighted by Crippen LogP contribution is 2.16. The van der Waals surface area contributed by atoms with E-state index in [1.54, 1.807) is 6.07 Å². The molecule has 92 valence electrons. The van der Waals surface area contributed by atoms with Crippen LogP contribution in [0.4, 0.5) is 0 Å². The van der Waals surface area contributed by atoms with E-state index in [-0.39, 0.29) is 0 Å². The van der Waals surface area contributed by atoms with E-state index >= 15 is 0 Å². The Morgan fingerprint density at radius 3 is 2.68 bits per heavy atom. The molecule has 19 heavy (non-hydrogen) atoms. The molecule has 0 saturated heterocycles. The monoisotopic (exact) mass is 267 g/mol. The van der Waals surface area contributed by atoms with Crippen LogP contribution in [0.5, 0.6) is 0 Å². The second-order valence-electron chi connectivity index (χ2n) is 4.33. The number of nitriles is 1. The molecule has 0 saturated carbocycles. The van der Waals surface area contributed by atoms with Gasteiger partial charge in [0.05, 0.1) is 22.7 Å². The number of hydrogen-bond acceptors (Lipinski definition) is 2. The predicted octanol–water partition coefficient (Wildman–Crippen LogP) is 3.68. The first-order valence-corrected chi connectivity index (χ1v) is 6.25. The van der Waals surface area contributed by atoms with Crippen molar-refractivity contribution in [2.24, 2.45) is 0 Å². The number of aromatic nitrogens is 2. The Labute approximate surface area is 115 Å². The molecule has 0 aliphatic carbocycles. The molecule has 0 aliphatic heterocycles. The van der Waals surface area contributed by atoms with Crippen LogP contribution in [0.2, 0.25) is 5.02 Å². The van der Waals surface area contributed by atoms with E-state index in [9.17, 15) is 0 Å². The summed E-state index contributed by atoms with van der Waals surface area (Å²) in [5, 5.41) is 9.60. The third-order valence-corrected chi connectivity index (χ3v) is 3.20. The highest BCUT2D eigenvalue weighted by molar-refractivity contribution is 6.30. The molecular weight excluding hydrogens is 258 g/mol. The summed E-state index contributed by atoms with van der Waals surface area (Å²) in [5.74, 6) is 0.882. The van der Waals surface area contributed by atoms with Gasteiger partial charge in [-0.1, -0.05) is 23.7 Å². The smallest absolute Gasteiger partial charge is 0.111 e.